The van der Waals surface area contributed by atoms with Crippen molar-refractivity contribution in [1.82, 2.24) is 0 Å². The Hall–Kier alpha value is -1.76. The van der Waals surface area contributed by atoms with Crippen molar-refractivity contribution in [3.05, 3.63) is 29.8 Å². The van der Waals surface area contributed by atoms with Crippen LogP contribution >= 0.6 is 0 Å². The number of carbonyl (C=O) groups is 1. The van der Waals surface area contributed by atoms with Crippen molar-refractivity contribution in [2.45, 2.75) is 31.2 Å². The van der Waals surface area contributed by atoms with Gasteiger partial charge in [-0.3, -0.25) is 0 Å². The first kappa shape index (κ1) is 14.6. The van der Waals surface area contributed by atoms with Crippen LogP contribution in [0.25, 0.3) is 0 Å². The van der Waals surface area contributed by atoms with Crippen LogP contribution in [0.15, 0.2) is 24.3 Å². The maximum Gasteiger partial charge on any atom is 0.416 e. The fraction of sp³-hybridized carbons (Fsp3) is 0.462. The van der Waals surface area contributed by atoms with Gasteiger partial charge in [0, 0.05) is 12.2 Å². The van der Waals surface area contributed by atoms with E-state index in [0.717, 1.165) is 12.1 Å². The van der Waals surface area contributed by atoms with Crippen molar-refractivity contribution in [3.8, 4) is 0 Å². The predicted molar refractivity (Wildman–Crippen MR) is 65.5 cm³/mol. The quantitative estimate of drug-likeness (QED) is 0.895. The molecule has 2 rings (SSSR count). The smallest absolute Gasteiger partial charge is 0.416 e. The first-order valence-electron chi connectivity index (χ1n) is 6.15. The van der Waals surface area contributed by atoms with E-state index in [9.17, 15) is 18.0 Å². The first-order valence-corrected chi connectivity index (χ1v) is 6.15. The van der Waals surface area contributed by atoms with Gasteiger partial charge >= 0.3 is 12.1 Å². The van der Waals surface area contributed by atoms with E-state index in [1.54, 1.807) is 0 Å². The molecule has 0 spiro atoms. The standard InChI is InChI=1S/C13H14F3NO3/c14-13(15,16)8-2-1-3-9(6-8)17-7-10-4-5-11(20-10)12(18)19/h1-3,6,10-11,17H,4-5,7H2,(H,18,19). The zero-order chi connectivity index (χ0) is 14.8. The summed E-state index contributed by atoms with van der Waals surface area (Å²) in [5.74, 6) is -1.01. The van der Waals surface area contributed by atoms with E-state index in [0.29, 0.717) is 18.5 Å². The van der Waals surface area contributed by atoms with E-state index in [-0.39, 0.29) is 12.6 Å². The number of hydrogen-bond acceptors (Lipinski definition) is 3. The summed E-state index contributed by atoms with van der Waals surface area (Å²) in [5, 5.41) is 11.6. The van der Waals surface area contributed by atoms with Crippen LogP contribution in [-0.2, 0) is 15.7 Å². The summed E-state index contributed by atoms with van der Waals surface area (Å²) < 4.78 is 42.9. The third-order valence-electron chi connectivity index (χ3n) is 3.11. The van der Waals surface area contributed by atoms with Crippen LogP contribution in [0.2, 0.25) is 0 Å². The van der Waals surface area contributed by atoms with Gasteiger partial charge in [-0.15, -0.1) is 0 Å². The molecule has 0 radical (unpaired) electrons. The summed E-state index contributed by atoms with van der Waals surface area (Å²) in [4.78, 5) is 10.7. The molecule has 0 saturated carbocycles. The average molecular weight is 289 g/mol. The van der Waals surface area contributed by atoms with Gasteiger partial charge < -0.3 is 15.2 Å². The number of alkyl halides is 3. The van der Waals surface area contributed by atoms with Gasteiger partial charge in [0.15, 0.2) is 6.10 Å². The molecule has 110 valence electrons. The van der Waals surface area contributed by atoms with Crippen molar-refractivity contribution in [2.24, 2.45) is 0 Å². The molecule has 0 bridgehead atoms. The molecule has 1 heterocycles. The number of hydrogen-bond donors (Lipinski definition) is 2. The Labute approximate surface area is 113 Å². The largest absolute Gasteiger partial charge is 0.479 e. The van der Waals surface area contributed by atoms with Crippen LogP contribution in [0.4, 0.5) is 18.9 Å². The second-order valence-corrected chi connectivity index (χ2v) is 4.62. The summed E-state index contributed by atoms with van der Waals surface area (Å²) in [7, 11) is 0. The minimum atomic E-state index is -4.38. The molecule has 1 aromatic carbocycles. The Bertz CT molecular complexity index is 490. The molecule has 7 heteroatoms. The van der Waals surface area contributed by atoms with Gasteiger partial charge in [-0.05, 0) is 31.0 Å². The molecule has 0 amide bonds. The van der Waals surface area contributed by atoms with Gasteiger partial charge in [-0.1, -0.05) is 6.07 Å². The normalized spacial score (nSPS) is 22.8. The highest BCUT2D eigenvalue weighted by molar-refractivity contribution is 5.72. The van der Waals surface area contributed by atoms with Crippen LogP contribution in [0.5, 0.6) is 0 Å². The molecule has 1 saturated heterocycles. The van der Waals surface area contributed by atoms with Gasteiger partial charge in [0.1, 0.15) is 0 Å². The van der Waals surface area contributed by atoms with Crippen LogP contribution in [0.3, 0.4) is 0 Å². The van der Waals surface area contributed by atoms with E-state index < -0.39 is 23.8 Å². The number of halogens is 3. The molecule has 1 aliphatic rings. The zero-order valence-corrected chi connectivity index (χ0v) is 10.5. The van der Waals surface area contributed by atoms with E-state index >= 15 is 0 Å². The van der Waals surface area contributed by atoms with Crippen molar-refractivity contribution >= 4 is 11.7 Å². The number of anilines is 1. The zero-order valence-electron chi connectivity index (χ0n) is 10.5. The molecule has 0 aromatic heterocycles. The van der Waals surface area contributed by atoms with E-state index in [1.807, 2.05) is 0 Å². The van der Waals surface area contributed by atoms with Crippen LogP contribution in [-0.4, -0.2) is 29.8 Å². The molecule has 1 aliphatic heterocycles. The van der Waals surface area contributed by atoms with Gasteiger partial charge in [0.2, 0.25) is 0 Å². The van der Waals surface area contributed by atoms with Gasteiger partial charge in [-0.25, -0.2) is 4.79 Å². The van der Waals surface area contributed by atoms with Crippen LogP contribution in [0.1, 0.15) is 18.4 Å². The molecular weight excluding hydrogens is 275 g/mol. The van der Waals surface area contributed by atoms with Crippen molar-refractivity contribution in [2.75, 3.05) is 11.9 Å². The average Bonchev–Trinajstić information content (AvgIpc) is 2.85. The molecule has 2 atom stereocenters. The van der Waals surface area contributed by atoms with Crippen molar-refractivity contribution in [3.63, 3.8) is 0 Å². The van der Waals surface area contributed by atoms with Crippen molar-refractivity contribution < 1.29 is 27.8 Å². The lowest BCUT2D eigenvalue weighted by Crippen LogP contribution is -2.24. The molecule has 1 aromatic rings. The predicted octanol–water partition coefficient (Wildman–Crippen LogP) is 2.75. The number of carboxylic acid groups (broad SMARTS) is 1. The van der Waals surface area contributed by atoms with E-state index in [2.05, 4.69) is 5.32 Å². The number of rotatable bonds is 4. The Balaban J connectivity index is 1.90. The van der Waals surface area contributed by atoms with Gasteiger partial charge in [0.05, 0.1) is 11.7 Å². The molecule has 4 nitrogen and oxygen atoms in total. The molecule has 2 N–H and O–H groups in total. The Kier molecular flexibility index (Phi) is 4.17. The topological polar surface area (TPSA) is 58.6 Å². The fourth-order valence-electron chi connectivity index (χ4n) is 2.07. The highest BCUT2D eigenvalue weighted by Gasteiger charge is 2.31. The van der Waals surface area contributed by atoms with Crippen LogP contribution < -0.4 is 5.32 Å². The van der Waals surface area contributed by atoms with Gasteiger partial charge in [-0.2, -0.15) is 13.2 Å². The summed E-state index contributed by atoms with van der Waals surface area (Å²) in [6, 6.07) is 4.86. The van der Waals surface area contributed by atoms with Crippen molar-refractivity contribution in [1.29, 1.82) is 0 Å². The number of nitrogens with one attached hydrogen (secondary N) is 1. The lowest BCUT2D eigenvalue weighted by atomic mass is 10.1. The summed E-state index contributed by atoms with van der Waals surface area (Å²) in [5.41, 5.74) is -0.388. The lowest BCUT2D eigenvalue weighted by Gasteiger charge is -2.14. The fourth-order valence-corrected chi connectivity index (χ4v) is 2.07. The third-order valence-corrected chi connectivity index (χ3v) is 3.11. The minimum Gasteiger partial charge on any atom is -0.479 e. The Morgan fingerprint density at radius 3 is 2.75 bits per heavy atom. The molecule has 1 fully saturated rings. The number of benzene rings is 1. The maximum atomic E-state index is 12.5. The highest BCUT2D eigenvalue weighted by atomic mass is 19.4. The maximum absolute atomic E-state index is 12.5. The SMILES string of the molecule is O=C(O)C1CCC(CNc2cccc(C(F)(F)F)c2)O1. The Morgan fingerprint density at radius 1 is 1.40 bits per heavy atom. The molecular formula is C13H14F3NO3. The molecule has 20 heavy (non-hydrogen) atoms. The van der Waals surface area contributed by atoms with E-state index in [4.69, 9.17) is 9.84 Å². The summed E-state index contributed by atoms with van der Waals surface area (Å²) in [6.45, 7) is 0.283. The van der Waals surface area contributed by atoms with Crippen LogP contribution in [0, 0.1) is 0 Å². The number of ether oxygens (including phenoxy) is 1. The van der Waals surface area contributed by atoms with Gasteiger partial charge in [0.25, 0.3) is 0 Å². The first-order chi connectivity index (χ1) is 9.36. The monoisotopic (exact) mass is 289 g/mol. The molecule has 0 aliphatic carbocycles. The summed E-state index contributed by atoms with van der Waals surface area (Å²) in [6.07, 6.45) is -4.50. The lowest BCUT2D eigenvalue weighted by molar-refractivity contribution is -0.149. The van der Waals surface area contributed by atoms with E-state index in [1.165, 1.54) is 12.1 Å². The number of aliphatic carboxylic acids is 1. The Morgan fingerprint density at radius 2 is 2.15 bits per heavy atom. The second-order valence-electron chi connectivity index (χ2n) is 4.62. The second kappa shape index (κ2) is 5.70. The third kappa shape index (κ3) is 3.63. The highest BCUT2D eigenvalue weighted by Crippen LogP contribution is 2.30. The minimum absolute atomic E-state index is 0.283. The molecule has 2 unspecified atom stereocenters. The summed E-state index contributed by atoms with van der Waals surface area (Å²) >= 11 is 0. The number of carboxylic acids is 1.